The van der Waals surface area contributed by atoms with Gasteiger partial charge in [-0.3, -0.25) is 0 Å². The quantitative estimate of drug-likeness (QED) is 0.867. The Morgan fingerprint density at radius 2 is 2.05 bits per heavy atom. The van der Waals surface area contributed by atoms with Gasteiger partial charge in [-0.05, 0) is 25.2 Å². The fraction of sp³-hybridized carbons (Fsp3) is 0.733. The maximum Gasteiger partial charge on any atom is 0.347 e. The summed E-state index contributed by atoms with van der Waals surface area (Å²) in [4.78, 5) is 18.6. The lowest BCUT2D eigenvalue weighted by Gasteiger charge is -2.31. The largest absolute Gasteiger partial charge is 0.477 e. The highest BCUT2D eigenvalue weighted by atomic mass is 32.1. The first-order valence-corrected chi connectivity index (χ1v) is 8.45. The molecule has 1 aliphatic rings. The van der Waals surface area contributed by atoms with Gasteiger partial charge in [0.05, 0.1) is 5.69 Å². The number of rotatable bonds is 6. The molecule has 0 unspecified atom stereocenters. The van der Waals surface area contributed by atoms with Crippen LogP contribution in [0.15, 0.2) is 0 Å². The van der Waals surface area contributed by atoms with Gasteiger partial charge < -0.3 is 10.0 Å². The van der Waals surface area contributed by atoms with Crippen LogP contribution in [0.3, 0.4) is 0 Å². The molecule has 0 bridgehead atoms. The monoisotopic (exact) mass is 296 g/mol. The van der Waals surface area contributed by atoms with Crippen molar-refractivity contribution in [2.45, 2.75) is 52.4 Å². The van der Waals surface area contributed by atoms with Crippen molar-refractivity contribution in [2.75, 3.05) is 18.0 Å². The Hall–Kier alpha value is -1.10. The first-order valence-electron chi connectivity index (χ1n) is 7.63. The highest BCUT2D eigenvalue weighted by molar-refractivity contribution is 7.17. The number of hydrogen-bond acceptors (Lipinski definition) is 4. The predicted molar refractivity (Wildman–Crippen MR) is 82.9 cm³/mol. The van der Waals surface area contributed by atoms with Crippen LogP contribution >= 0.6 is 11.3 Å². The minimum absolute atomic E-state index is 0.428. The van der Waals surface area contributed by atoms with Gasteiger partial charge in [0.1, 0.15) is 4.88 Å². The van der Waals surface area contributed by atoms with Crippen molar-refractivity contribution in [3.8, 4) is 0 Å². The highest BCUT2D eigenvalue weighted by Gasteiger charge is 2.24. The first kappa shape index (κ1) is 15.3. The normalized spacial score (nSPS) is 16.6. The molecule has 1 aromatic heterocycles. The van der Waals surface area contributed by atoms with Crippen LogP contribution in [-0.2, 0) is 6.42 Å². The Labute approximate surface area is 124 Å². The Balaban J connectivity index is 2.06. The average Bonchev–Trinajstić information content (AvgIpc) is 2.85. The van der Waals surface area contributed by atoms with Crippen molar-refractivity contribution >= 4 is 22.4 Å². The molecule has 0 saturated carbocycles. The first-order chi connectivity index (χ1) is 9.65. The third-order valence-electron chi connectivity index (χ3n) is 3.95. The van der Waals surface area contributed by atoms with Gasteiger partial charge in [-0.15, -0.1) is 0 Å². The van der Waals surface area contributed by atoms with Crippen LogP contribution in [0.2, 0.25) is 0 Å². The number of carboxylic acid groups (broad SMARTS) is 1. The molecule has 1 fully saturated rings. The Kier molecular flexibility index (Phi) is 5.40. The van der Waals surface area contributed by atoms with Gasteiger partial charge in [0.15, 0.2) is 5.13 Å². The minimum atomic E-state index is -0.835. The molecular formula is C15H24N2O2S. The summed E-state index contributed by atoms with van der Waals surface area (Å²) in [7, 11) is 0. The number of thiazole rings is 1. The van der Waals surface area contributed by atoms with E-state index >= 15 is 0 Å². The average molecular weight is 296 g/mol. The number of hydrogen-bond donors (Lipinski definition) is 1. The molecule has 0 aliphatic carbocycles. The maximum absolute atomic E-state index is 11.3. The third kappa shape index (κ3) is 3.51. The fourth-order valence-corrected chi connectivity index (χ4v) is 3.87. The molecule has 0 radical (unpaired) electrons. The number of piperidine rings is 1. The second kappa shape index (κ2) is 7.07. The molecule has 0 amide bonds. The number of carboxylic acids is 1. The summed E-state index contributed by atoms with van der Waals surface area (Å²) in [6.45, 7) is 6.33. The lowest BCUT2D eigenvalue weighted by Crippen LogP contribution is -2.33. The van der Waals surface area contributed by atoms with E-state index < -0.39 is 5.97 Å². The van der Waals surface area contributed by atoms with E-state index in [0.29, 0.717) is 4.88 Å². The van der Waals surface area contributed by atoms with Crippen LogP contribution in [0.4, 0.5) is 5.13 Å². The smallest absolute Gasteiger partial charge is 0.347 e. The van der Waals surface area contributed by atoms with E-state index in [9.17, 15) is 9.90 Å². The predicted octanol–water partition coefficient (Wildman–Crippen LogP) is 3.81. The molecule has 0 aromatic carbocycles. The molecule has 112 valence electrons. The number of carbonyl (C=O) groups is 1. The minimum Gasteiger partial charge on any atom is -0.477 e. The number of nitrogens with zero attached hydrogens (tertiary/aromatic N) is 2. The summed E-state index contributed by atoms with van der Waals surface area (Å²) < 4.78 is 0. The van der Waals surface area contributed by atoms with Gasteiger partial charge in [0.25, 0.3) is 0 Å². The van der Waals surface area contributed by atoms with Crippen molar-refractivity contribution in [1.82, 2.24) is 4.98 Å². The van der Waals surface area contributed by atoms with Crippen molar-refractivity contribution in [3.63, 3.8) is 0 Å². The van der Waals surface area contributed by atoms with E-state index in [1.165, 1.54) is 37.0 Å². The molecule has 1 N–H and O–H groups in total. The lowest BCUT2D eigenvalue weighted by atomic mass is 9.93. The van der Waals surface area contributed by atoms with Crippen molar-refractivity contribution in [3.05, 3.63) is 10.6 Å². The van der Waals surface area contributed by atoms with E-state index in [4.69, 9.17) is 0 Å². The van der Waals surface area contributed by atoms with Gasteiger partial charge in [0.2, 0.25) is 0 Å². The second-order valence-corrected chi connectivity index (χ2v) is 6.52. The lowest BCUT2D eigenvalue weighted by molar-refractivity contribution is 0.0700. The highest BCUT2D eigenvalue weighted by Crippen LogP contribution is 2.31. The molecule has 1 saturated heterocycles. The Bertz CT molecular complexity index is 451. The molecular weight excluding hydrogens is 272 g/mol. The summed E-state index contributed by atoms with van der Waals surface area (Å²) >= 11 is 1.34. The van der Waals surface area contributed by atoms with E-state index in [1.807, 2.05) is 0 Å². The zero-order valence-electron chi connectivity index (χ0n) is 12.4. The third-order valence-corrected chi connectivity index (χ3v) is 5.10. The maximum atomic E-state index is 11.3. The summed E-state index contributed by atoms with van der Waals surface area (Å²) in [5, 5.41) is 10.2. The van der Waals surface area contributed by atoms with Gasteiger partial charge in [-0.2, -0.15) is 0 Å². The molecule has 0 spiro atoms. The van der Waals surface area contributed by atoms with Gasteiger partial charge in [-0.25, -0.2) is 9.78 Å². The van der Waals surface area contributed by atoms with Crippen molar-refractivity contribution < 1.29 is 9.90 Å². The molecule has 1 aliphatic heterocycles. The summed E-state index contributed by atoms with van der Waals surface area (Å²) in [5.41, 5.74) is 0.760. The molecule has 4 nitrogen and oxygen atoms in total. The van der Waals surface area contributed by atoms with E-state index in [2.05, 4.69) is 23.7 Å². The van der Waals surface area contributed by atoms with Gasteiger partial charge in [0, 0.05) is 13.1 Å². The Morgan fingerprint density at radius 1 is 1.35 bits per heavy atom. The number of aromatic nitrogens is 1. The summed E-state index contributed by atoms with van der Waals surface area (Å²) in [6, 6.07) is 0. The van der Waals surface area contributed by atoms with E-state index in [1.54, 1.807) is 0 Å². The van der Waals surface area contributed by atoms with Crippen LogP contribution in [0.25, 0.3) is 0 Å². The Morgan fingerprint density at radius 3 is 2.60 bits per heavy atom. The van der Waals surface area contributed by atoms with Crippen molar-refractivity contribution in [2.24, 2.45) is 5.92 Å². The van der Waals surface area contributed by atoms with Crippen LogP contribution in [0.1, 0.15) is 61.3 Å². The molecule has 5 heteroatoms. The number of anilines is 1. The van der Waals surface area contributed by atoms with Crippen LogP contribution in [0.5, 0.6) is 0 Å². The zero-order chi connectivity index (χ0) is 14.5. The summed E-state index contributed by atoms with van der Waals surface area (Å²) in [6.07, 6.45) is 6.67. The van der Waals surface area contributed by atoms with Gasteiger partial charge in [-0.1, -0.05) is 44.4 Å². The molecule has 20 heavy (non-hydrogen) atoms. The fourth-order valence-electron chi connectivity index (χ4n) is 2.87. The van der Waals surface area contributed by atoms with E-state index in [0.717, 1.165) is 42.7 Å². The van der Waals surface area contributed by atoms with Crippen LogP contribution in [0, 0.1) is 5.92 Å². The van der Waals surface area contributed by atoms with Crippen LogP contribution in [-0.4, -0.2) is 29.1 Å². The standard InChI is InChI=1S/C15H24N2O2S/c1-3-5-11-7-9-17(10-8-11)15-16-12(6-4-2)13(20-15)14(18)19/h11H,3-10H2,1-2H3,(H,18,19). The van der Waals surface area contributed by atoms with Crippen molar-refractivity contribution in [1.29, 1.82) is 0 Å². The molecule has 2 heterocycles. The zero-order valence-corrected chi connectivity index (χ0v) is 13.2. The second-order valence-electron chi connectivity index (χ2n) is 5.55. The topological polar surface area (TPSA) is 53.4 Å². The number of aromatic carboxylic acids is 1. The number of aryl methyl sites for hydroxylation is 1. The van der Waals surface area contributed by atoms with Crippen LogP contribution < -0.4 is 4.90 Å². The van der Waals surface area contributed by atoms with E-state index in [-0.39, 0.29) is 0 Å². The SMILES string of the molecule is CCCc1nc(N2CCC(CCC)CC2)sc1C(=O)O. The molecule has 1 aromatic rings. The molecule has 0 atom stereocenters. The van der Waals surface area contributed by atoms with Gasteiger partial charge >= 0.3 is 5.97 Å². The summed E-state index contributed by atoms with van der Waals surface area (Å²) in [5.74, 6) is 0.00309. The molecule has 2 rings (SSSR count).